The lowest BCUT2D eigenvalue weighted by Gasteiger charge is -2.18. The van der Waals surface area contributed by atoms with Gasteiger partial charge in [0, 0.05) is 23.0 Å². The number of ether oxygens (including phenoxy) is 3. The van der Waals surface area contributed by atoms with Crippen molar-refractivity contribution >= 4 is 47.1 Å². The molecule has 0 atom stereocenters. The molecule has 2 heterocycles. The highest BCUT2D eigenvalue weighted by Crippen LogP contribution is 2.33. The number of carbonyl (C=O) groups excluding carboxylic acids is 4. The number of furan rings is 1. The normalized spacial score (nSPS) is 13.7. The van der Waals surface area contributed by atoms with E-state index in [2.05, 4.69) is 10.6 Å². The van der Waals surface area contributed by atoms with Crippen molar-refractivity contribution in [2.24, 2.45) is 0 Å². The molecular weight excluding hydrogens is 578 g/mol. The molecule has 0 saturated carbocycles. The molecule has 1 aromatic heterocycles. The molecule has 43 heavy (non-hydrogen) atoms. The van der Waals surface area contributed by atoms with Gasteiger partial charge in [0.05, 0.1) is 39.0 Å². The van der Waals surface area contributed by atoms with Crippen LogP contribution in [0.1, 0.15) is 24.0 Å². The van der Waals surface area contributed by atoms with Gasteiger partial charge in [0.1, 0.15) is 11.5 Å². The summed E-state index contributed by atoms with van der Waals surface area (Å²) >= 11 is 5.90. The molecule has 12 heteroatoms. The van der Waals surface area contributed by atoms with E-state index in [1.165, 1.54) is 24.2 Å². The Bertz CT molecular complexity index is 1620. The lowest BCUT2D eigenvalue weighted by atomic mass is 10.1. The molecule has 11 nitrogen and oxygen atoms in total. The molecule has 0 radical (unpaired) electrons. The number of allylic oxidation sites excluding steroid dienone is 1. The highest BCUT2D eigenvalue weighted by Gasteiger charge is 2.37. The van der Waals surface area contributed by atoms with Gasteiger partial charge in [0.25, 0.3) is 5.91 Å². The monoisotopic (exact) mass is 607 g/mol. The lowest BCUT2D eigenvalue weighted by Crippen LogP contribution is -2.34. The molecule has 2 aromatic carbocycles. The maximum atomic E-state index is 13.5. The van der Waals surface area contributed by atoms with Crippen molar-refractivity contribution in [1.82, 2.24) is 10.2 Å². The van der Waals surface area contributed by atoms with Gasteiger partial charge in [-0.25, -0.2) is 4.79 Å². The molecular formula is C31H30ClN3O8. The van der Waals surface area contributed by atoms with Crippen LogP contribution in [0, 0.1) is 0 Å². The Labute approximate surface area is 253 Å². The van der Waals surface area contributed by atoms with Crippen molar-refractivity contribution < 1.29 is 37.8 Å². The molecule has 2 N–H and O–H groups in total. The molecule has 1 aliphatic rings. The van der Waals surface area contributed by atoms with Crippen molar-refractivity contribution in [3.05, 3.63) is 93.5 Å². The van der Waals surface area contributed by atoms with Crippen molar-refractivity contribution in [2.45, 2.75) is 19.9 Å². The van der Waals surface area contributed by atoms with Crippen molar-refractivity contribution in [3.8, 4) is 11.5 Å². The van der Waals surface area contributed by atoms with E-state index < -0.39 is 17.8 Å². The molecule has 0 fully saturated rings. The molecule has 0 unspecified atom stereocenters. The van der Waals surface area contributed by atoms with Crippen LogP contribution in [0.3, 0.4) is 0 Å². The number of esters is 1. The van der Waals surface area contributed by atoms with Gasteiger partial charge in [-0.15, -0.1) is 0 Å². The molecule has 224 valence electrons. The number of rotatable bonds is 10. The first kappa shape index (κ1) is 30.9. The van der Waals surface area contributed by atoms with Crippen LogP contribution in [-0.2, 0) is 36.9 Å². The highest BCUT2D eigenvalue weighted by molar-refractivity contribution is 6.39. The first-order valence-corrected chi connectivity index (χ1v) is 13.5. The number of hydrogen-bond donors (Lipinski definition) is 2. The summed E-state index contributed by atoms with van der Waals surface area (Å²) in [6.45, 7) is 1.89. The Morgan fingerprint density at radius 1 is 0.977 bits per heavy atom. The van der Waals surface area contributed by atoms with Crippen molar-refractivity contribution in [1.29, 1.82) is 0 Å². The number of carbonyl (C=O) groups is 4. The van der Waals surface area contributed by atoms with Crippen molar-refractivity contribution in [2.75, 3.05) is 33.2 Å². The van der Waals surface area contributed by atoms with Crippen LogP contribution in [0.15, 0.2) is 75.9 Å². The second kappa shape index (κ2) is 13.8. The van der Waals surface area contributed by atoms with Crippen LogP contribution in [0.25, 0.3) is 6.08 Å². The molecule has 0 spiro atoms. The fraction of sp³-hybridized carbons (Fsp3) is 0.226. The SMILES string of the molecule is COC(=O)C1=C(C)N(CCc2ccc(OC)c(OC)c2)C(=O)/C1=C/c1ccc(CNC(=O)C(=O)Nc2cccc(Cl)c2)o1. The fourth-order valence-electron chi connectivity index (χ4n) is 4.49. The minimum absolute atomic E-state index is 0.0882. The Morgan fingerprint density at radius 2 is 1.74 bits per heavy atom. The zero-order chi connectivity index (χ0) is 31.1. The molecule has 0 bridgehead atoms. The molecule has 0 aliphatic carbocycles. The maximum absolute atomic E-state index is 13.5. The lowest BCUT2D eigenvalue weighted by molar-refractivity contribution is -0.136. The van der Waals surface area contributed by atoms with Gasteiger partial charge in [0.15, 0.2) is 11.5 Å². The van der Waals surface area contributed by atoms with Gasteiger partial charge in [-0.1, -0.05) is 23.7 Å². The zero-order valence-corrected chi connectivity index (χ0v) is 24.7. The number of nitrogens with one attached hydrogen (secondary N) is 2. The third kappa shape index (κ3) is 7.25. The number of benzene rings is 2. The third-order valence-electron chi connectivity index (χ3n) is 6.65. The Kier molecular flexibility index (Phi) is 9.89. The first-order chi connectivity index (χ1) is 20.6. The van der Waals surface area contributed by atoms with Gasteiger partial charge >= 0.3 is 17.8 Å². The second-order valence-electron chi connectivity index (χ2n) is 9.36. The van der Waals surface area contributed by atoms with E-state index in [-0.39, 0.29) is 29.4 Å². The summed E-state index contributed by atoms with van der Waals surface area (Å²) in [5.74, 6) is -1.03. The summed E-state index contributed by atoms with van der Waals surface area (Å²) in [6, 6.07) is 15.1. The van der Waals surface area contributed by atoms with E-state index in [0.717, 1.165) is 5.56 Å². The van der Waals surface area contributed by atoms with Crippen LogP contribution in [0.2, 0.25) is 5.02 Å². The first-order valence-electron chi connectivity index (χ1n) is 13.1. The van der Waals surface area contributed by atoms with E-state index in [4.69, 9.17) is 30.2 Å². The standard InChI is InChI=1S/C31H30ClN3O8/c1-18-27(31(39)42-4)24(30(38)35(18)13-12-19-8-11-25(40-2)26(14-19)41-3)16-22-9-10-23(43-22)17-33-28(36)29(37)34-21-7-5-6-20(32)15-21/h5-11,14-16H,12-13,17H2,1-4H3,(H,33,36)(H,34,37)/b24-16+. The molecule has 3 amide bonds. The molecule has 3 aromatic rings. The highest BCUT2D eigenvalue weighted by atomic mass is 35.5. The minimum atomic E-state index is -0.876. The number of nitrogens with zero attached hydrogens (tertiary/aromatic N) is 1. The zero-order valence-electron chi connectivity index (χ0n) is 24.0. The Balaban J connectivity index is 1.44. The number of amides is 3. The van der Waals surface area contributed by atoms with E-state index in [0.29, 0.717) is 46.6 Å². The van der Waals surface area contributed by atoms with Crippen LogP contribution in [0.4, 0.5) is 5.69 Å². The quantitative estimate of drug-likeness (QED) is 0.200. The summed E-state index contributed by atoms with van der Waals surface area (Å²) in [5, 5.41) is 5.35. The topological polar surface area (TPSA) is 136 Å². The second-order valence-corrected chi connectivity index (χ2v) is 9.79. The van der Waals surface area contributed by atoms with Gasteiger partial charge in [0.2, 0.25) is 0 Å². The van der Waals surface area contributed by atoms with E-state index in [1.54, 1.807) is 57.5 Å². The van der Waals surface area contributed by atoms with E-state index in [9.17, 15) is 19.2 Å². The van der Waals surface area contributed by atoms with Gasteiger partial charge in [-0.3, -0.25) is 14.4 Å². The summed E-state index contributed by atoms with van der Waals surface area (Å²) in [4.78, 5) is 52.1. The molecule has 0 saturated heterocycles. The Hall–Kier alpha value is -5.03. The molecule has 4 rings (SSSR count). The van der Waals surface area contributed by atoms with Gasteiger partial charge in [-0.05, 0) is 67.4 Å². The van der Waals surface area contributed by atoms with E-state index >= 15 is 0 Å². The summed E-state index contributed by atoms with van der Waals surface area (Å²) in [7, 11) is 4.34. The molecule has 1 aliphatic heterocycles. The number of hydrogen-bond acceptors (Lipinski definition) is 8. The predicted octanol–water partition coefficient (Wildman–Crippen LogP) is 4.12. The van der Waals surface area contributed by atoms with Crippen LogP contribution in [-0.4, -0.2) is 56.5 Å². The summed E-state index contributed by atoms with van der Waals surface area (Å²) in [6.07, 6.45) is 1.94. The number of methoxy groups -OCH3 is 3. The minimum Gasteiger partial charge on any atom is -0.493 e. The van der Waals surface area contributed by atoms with Crippen LogP contribution < -0.4 is 20.1 Å². The average molecular weight is 608 g/mol. The van der Waals surface area contributed by atoms with Crippen LogP contribution >= 0.6 is 11.6 Å². The van der Waals surface area contributed by atoms with Gasteiger partial charge in [-0.2, -0.15) is 0 Å². The van der Waals surface area contributed by atoms with Gasteiger partial charge < -0.3 is 34.2 Å². The Morgan fingerprint density at radius 3 is 2.44 bits per heavy atom. The average Bonchev–Trinajstić information content (AvgIpc) is 3.55. The largest absolute Gasteiger partial charge is 0.493 e. The third-order valence-corrected chi connectivity index (χ3v) is 6.89. The van der Waals surface area contributed by atoms with Crippen LogP contribution in [0.5, 0.6) is 11.5 Å². The maximum Gasteiger partial charge on any atom is 0.340 e. The fourth-order valence-corrected chi connectivity index (χ4v) is 4.68. The summed E-state index contributed by atoms with van der Waals surface area (Å²) < 4.78 is 21.4. The number of anilines is 1. The number of halogens is 1. The predicted molar refractivity (Wildman–Crippen MR) is 158 cm³/mol. The van der Waals surface area contributed by atoms with E-state index in [1.807, 2.05) is 12.1 Å². The van der Waals surface area contributed by atoms with Crippen molar-refractivity contribution in [3.63, 3.8) is 0 Å². The summed E-state index contributed by atoms with van der Waals surface area (Å²) in [5.41, 5.74) is 1.98. The smallest absolute Gasteiger partial charge is 0.340 e.